The first-order chi connectivity index (χ1) is 11.3. The average Bonchev–Trinajstić information content (AvgIpc) is 2.52. The van der Waals surface area contributed by atoms with Gasteiger partial charge in [0.25, 0.3) is 0 Å². The minimum absolute atomic E-state index is 0.174. The minimum Gasteiger partial charge on any atom is -0.480 e. The molecule has 0 fully saturated rings. The van der Waals surface area contributed by atoms with E-state index in [1.807, 2.05) is 0 Å². The number of benzene rings is 1. The Morgan fingerprint density at radius 3 is 2.58 bits per heavy atom. The molecular formula is C15H22FN5O3. The Balaban J connectivity index is 2.55. The number of aliphatic carboxylic acids is 1. The van der Waals surface area contributed by atoms with E-state index in [0.29, 0.717) is 13.0 Å². The fourth-order valence-corrected chi connectivity index (χ4v) is 2.04. The topological polar surface area (TPSA) is 154 Å². The molecule has 2 atom stereocenters. The van der Waals surface area contributed by atoms with Crippen LogP contribution in [0.2, 0.25) is 0 Å². The van der Waals surface area contributed by atoms with Gasteiger partial charge in [-0.15, -0.1) is 0 Å². The van der Waals surface area contributed by atoms with Crippen molar-refractivity contribution in [2.75, 3.05) is 6.54 Å². The van der Waals surface area contributed by atoms with Gasteiger partial charge in [0, 0.05) is 13.0 Å². The molecule has 0 bridgehead atoms. The third-order valence-electron chi connectivity index (χ3n) is 3.34. The lowest BCUT2D eigenvalue weighted by Gasteiger charge is -2.18. The maximum atomic E-state index is 13.6. The predicted octanol–water partition coefficient (Wildman–Crippen LogP) is -0.472. The molecule has 0 radical (unpaired) electrons. The summed E-state index contributed by atoms with van der Waals surface area (Å²) in [7, 11) is 0. The van der Waals surface area contributed by atoms with Gasteiger partial charge in [0.05, 0.1) is 6.04 Å². The first-order valence-electron chi connectivity index (χ1n) is 7.41. The molecule has 1 amide bonds. The Morgan fingerprint density at radius 1 is 1.33 bits per heavy atom. The van der Waals surface area contributed by atoms with Gasteiger partial charge in [0.2, 0.25) is 5.91 Å². The van der Waals surface area contributed by atoms with Crippen LogP contribution in [-0.2, 0) is 16.0 Å². The zero-order chi connectivity index (χ0) is 18.1. The summed E-state index contributed by atoms with van der Waals surface area (Å²) >= 11 is 0. The molecule has 0 saturated heterocycles. The summed E-state index contributed by atoms with van der Waals surface area (Å²) in [5.74, 6) is -2.60. The maximum absolute atomic E-state index is 13.6. The zero-order valence-corrected chi connectivity index (χ0v) is 13.1. The first kappa shape index (κ1) is 19.4. The van der Waals surface area contributed by atoms with Crippen LogP contribution in [0.15, 0.2) is 24.3 Å². The summed E-state index contributed by atoms with van der Waals surface area (Å²) in [5.41, 5.74) is 11.0. The molecule has 0 saturated carbocycles. The first-order valence-corrected chi connectivity index (χ1v) is 7.41. The number of hydrogen-bond donors (Lipinski definition) is 6. The van der Waals surface area contributed by atoms with E-state index in [2.05, 4.69) is 10.6 Å². The van der Waals surface area contributed by atoms with Crippen molar-refractivity contribution in [3.63, 3.8) is 0 Å². The fraction of sp³-hybridized carbons (Fsp3) is 0.400. The highest BCUT2D eigenvalue weighted by molar-refractivity contribution is 5.86. The summed E-state index contributed by atoms with van der Waals surface area (Å²) in [5, 5.41) is 21.1. The number of halogens is 1. The van der Waals surface area contributed by atoms with Crippen molar-refractivity contribution < 1.29 is 19.1 Å². The Morgan fingerprint density at radius 2 is 2.00 bits per heavy atom. The van der Waals surface area contributed by atoms with Crippen LogP contribution in [0.25, 0.3) is 0 Å². The summed E-state index contributed by atoms with van der Waals surface area (Å²) in [6.07, 6.45) is 0.601. The van der Waals surface area contributed by atoms with Gasteiger partial charge in [-0.2, -0.15) is 0 Å². The fourth-order valence-electron chi connectivity index (χ4n) is 2.04. The van der Waals surface area contributed by atoms with Crippen molar-refractivity contribution in [1.29, 1.82) is 5.41 Å². The van der Waals surface area contributed by atoms with Crippen molar-refractivity contribution in [2.45, 2.75) is 31.3 Å². The van der Waals surface area contributed by atoms with Crippen LogP contribution >= 0.6 is 0 Å². The van der Waals surface area contributed by atoms with Crippen LogP contribution in [-0.4, -0.2) is 41.6 Å². The standard InChI is InChI=1S/C15H22FN5O3/c16-10-5-2-1-4-9(10)8-12(14(23)24)21-13(22)11(17)6-3-7-20-15(18)19/h1-2,4-5,11-12H,3,6-8,17H2,(H,21,22)(H,23,24)(H4,18,19,20)/t11-,12?/m0/s1. The molecule has 1 rings (SSSR count). The minimum atomic E-state index is -1.27. The number of guanidine groups is 1. The molecule has 24 heavy (non-hydrogen) atoms. The molecule has 0 spiro atoms. The Hall–Kier alpha value is -2.68. The number of nitrogens with two attached hydrogens (primary N) is 2. The Kier molecular flexibility index (Phi) is 7.63. The van der Waals surface area contributed by atoms with Gasteiger partial charge in [0.1, 0.15) is 11.9 Å². The lowest BCUT2D eigenvalue weighted by molar-refractivity contribution is -0.142. The van der Waals surface area contributed by atoms with E-state index in [0.717, 1.165) is 0 Å². The molecule has 0 aliphatic heterocycles. The van der Waals surface area contributed by atoms with E-state index in [1.165, 1.54) is 18.2 Å². The summed E-state index contributed by atoms with van der Waals surface area (Å²) in [4.78, 5) is 23.3. The average molecular weight is 339 g/mol. The number of rotatable bonds is 9. The summed E-state index contributed by atoms with van der Waals surface area (Å²) < 4.78 is 13.6. The Labute approximate surface area is 138 Å². The van der Waals surface area contributed by atoms with Crippen LogP contribution in [0.4, 0.5) is 4.39 Å². The molecule has 8 nitrogen and oxygen atoms in total. The number of carboxylic acids is 1. The van der Waals surface area contributed by atoms with Crippen molar-refractivity contribution in [2.24, 2.45) is 11.5 Å². The second-order valence-corrected chi connectivity index (χ2v) is 5.28. The molecule has 1 aromatic rings. The SMILES string of the molecule is N=C(N)NCCC[C@H](N)C(=O)NC(Cc1ccccc1F)C(=O)O. The monoisotopic (exact) mass is 339 g/mol. The van der Waals surface area contributed by atoms with Gasteiger partial charge in [0.15, 0.2) is 5.96 Å². The van der Waals surface area contributed by atoms with E-state index in [-0.39, 0.29) is 24.4 Å². The van der Waals surface area contributed by atoms with Crippen LogP contribution in [0.5, 0.6) is 0 Å². The molecule has 9 heteroatoms. The molecule has 1 aromatic carbocycles. The van der Waals surface area contributed by atoms with Crippen LogP contribution in [0.1, 0.15) is 18.4 Å². The third-order valence-corrected chi connectivity index (χ3v) is 3.34. The Bertz CT molecular complexity index is 596. The molecule has 132 valence electrons. The highest BCUT2D eigenvalue weighted by Gasteiger charge is 2.24. The second-order valence-electron chi connectivity index (χ2n) is 5.28. The van der Waals surface area contributed by atoms with Gasteiger partial charge in [-0.1, -0.05) is 18.2 Å². The molecule has 0 aromatic heterocycles. The highest BCUT2D eigenvalue weighted by atomic mass is 19.1. The van der Waals surface area contributed by atoms with Crippen molar-refractivity contribution in [1.82, 2.24) is 10.6 Å². The van der Waals surface area contributed by atoms with E-state index in [4.69, 9.17) is 16.9 Å². The van der Waals surface area contributed by atoms with Gasteiger partial charge in [-0.3, -0.25) is 10.2 Å². The number of carboxylic acid groups (broad SMARTS) is 1. The normalized spacial score (nSPS) is 12.9. The third kappa shape index (κ3) is 6.61. The van der Waals surface area contributed by atoms with Crippen LogP contribution < -0.4 is 22.1 Å². The van der Waals surface area contributed by atoms with E-state index in [1.54, 1.807) is 6.07 Å². The van der Waals surface area contributed by atoms with Crippen LogP contribution in [0.3, 0.4) is 0 Å². The van der Waals surface area contributed by atoms with E-state index < -0.39 is 29.8 Å². The largest absolute Gasteiger partial charge is 0.480 e. The molecule has 1 unspecified atom stereocenters. The van der Waals surface area contributed by atoms with Crippen molar-refractivity contribution in [3.05, 3.63) is 35.6 Å². The molecule has 0 aliphatic rings. The smallest absolute Gasteiger partial charge is 0.326 e. The zero-order valence-electron chi connectivity index (χ0n) is 13.1. The molecule has 0 heterocycles. The van der Waals surface area contributed by atoms with Crippen LogP contribution in [0, 0.1) is 11.2 Å². The predicted molar refractivity (Wildman–Crippen MR) is 86.8 cm³/mol. The molecule has 8 N–H and O–H groups in total. The van der Waals surface area contributed by atoms with Crippen molar-refractivity contribution >= 4 is 17.8 Å². The number of nitrogens with one attached hydrogen (secondary N) is 3. The van der Waals surface area contributed by atoms with E-state index >= 15 is 0 Å². The van der Waals surface area contributed by atoms with Gasteiger partial charge >= 0.3 is 5.97 Å². The second kappa shape index (κ2) is 9.46. The number of hydrogen-bond acceptors (Lipinski definition) is 4. The number of amides is 1. The number of carbonyl (C=O) groups is 2. The summed E-state index contributed by atoms with van der Waals surface area (Å²) in [6, 6.07) is 3.61. The van der Waals surface area contributed by atoms with Gasteiger partial charge < -0.3 is 27.2 Å². The quantitative estimate of drug-likeness (QED) is 0.203. The maximum Gasteiger partial charge on any atom is 0.326 e. The van der Waals surface area contributed by atoms with Crippen molar-refractivity contribution in [3.8, 4) is 0 Å². The molecular weight excluding hydrogens is 317 g/mol. The lowest BCUT2D eigenvalue weighted by Crippen LogP contribution is -2.49. The molecule has 0 aliphatic carbocycles. The van der Waals surface area contributed by atoms with Gasteiger partial charge in [-0.05, 0) is 24.5 Å². The van der Waals surface area contributed by atoms with Gasteiger partial charge in [-0.25, -0.2) is 9.18 Å². The number of carbonyl (C=O) groups excluding carboxylic acids is 1. The highest BCUT2D eigenvalue weighted by Crippen LogP contribution is 2.09. The summed E-state index contributed by atoms with van der Waals surface area (Å²) in [6.45, 7) is 0.383. The van der Waals surface area contributed by atoms with E-state index in [9.17, 15) is 19.1 Å². The lowest BCUT2D eigenvalue weighted by atomic mass is 10.0.